The molecular formula is C25H33N3O4S. The largest absolute Gasteiger partial charge is 0.497 e. The van der Waals surface area contributed by atoms with Gasteiger partial charge in [0.25, 0.3) is 0 Å². The van der Waals surface area contributed by atoms with Crippen molar-refractivity contribution in [3.8, 4) is 5.75 Å². The summed E-state index contributed by atoms with van der Waals surface area (Å²) in [5, 5.41) is 3.16. The molecule has 7 nitrogen and oxygen atoms in total. The molecule has 0 radical (unpaired) electrons. The third kappa shape index (κ3) is 5.57. The third-order valence-electron chi connectivity index (χ3n) is 6.76. The van der Waals surface area contributed by atoms with Gasteiger partial charge in [-0.25, -0.2) is 8.42 Å². The fourth-order valence-electron chi connectivity index (χ4n) is 4.78. The topological polar surface area (TPSA) is 79.0 Å². The Morgan fingerprint density at radius 1 is 1.00 bits per heavy atom. The van der Waals surface area contributed by atoms with Gasteiger partial charge in [-0.05, 0) is 68.6 Å². The molecule has 0 bridgehead atoms. The minimum absolute atomic E-state index is 0.0180. The summed E-state index contributed by atoms with van der Waals surface area (Å²) in [5.74, 6) is 0.673. The second-order valence-corrected chi connectivity index (χ2v) is 10.7. The number of nitrogens with zero attached hydrogens (tertiary/aromatic N) is 2. The number of hydrogen-bond acceptors (Lipinski definition) is 5. The van der Waals surface area contributed by atoms with Crippen LogP contribution in [0.25, 0.3) is 0 Å². The van der Waals surface area contributed by atoms with Crippen LogP contribution in [0.15, 0.2) is 59.5 Å². The number of benzene rings is 2. The molecule has 0 aliphatic carbocycles. The van der Waals surface area contributed by atoms with Gasteiger partial charge < -0.3 is 10.1 Å². The van der Waals surface area contributed by atoms with Crippen LogP contribution in [-0.4, -0.2) is 63.4 Å². The number of nitrogens with one attached hydrogen (secondary N) is 1. The molecule has 0 aromatic heterocycles. The monoisotopic (exact) mass is 471 g/mol. The summed E-state index contributed by atoms with van der Waals surface area (Å²) in [7, 11) is -1.85. The summed E-state index contributed by atoms with van der Waals surface area (Å²) in [4.78, 5) is 15.7. The Morgan fingerprint density at radius 2 is 1.64 bits per heavy atom. The molecule has 178 valence electrons. The molecule has 2 fully saturated rings. The van der Waals surface area contributed by atoms with E-state index in [9.17, 15) is 13.2 Å². The van der Waals surface area contributed by atoms with Crippen LogP contribution in [0, 0.1) is 5.92 Å². The van der Waals surface area contributed by atoms with Crippen LogP contribution < -0.4 is 10.1 Å². The van der Waals surface area contributed by atoms with Crippen LogP contribution in [0.3, 0.4) is 0 Å². The molecule has 1 atom stereocenters. The van der Waals surface area contributed by atoms with E-state index in [-0.39, 0.29) is 17.9 Å². The average molecular weight is 472 g/mol. The molecule has 1 amide bonds. The van der Waals surface area contributed by atoms with E-state index in [2.05, 4.69) is 22.3 Å². The first-order valence-corrected chi connectivity index (χ1v) is 13.1. The number of sulfonamides is 1. The van der Waals surface area contributed by atoms with Crippen molar-refractivity contribution in [3.05, 3.63) is 60.2 Å². The van der Waals surface area contributed by atoms with Gasteiger partial charge in [-0.1, -0.05) is 30.3 Å². The number of ether oxygens (including phenoxy) is 1. The molecule has 1 unspecified atom stereocenters. The zero-order valence-electron chi connectivity index (χ0n) is 19.2. The van der Waals surface area contributed by atoms with Crippen molar-refractivity contribution < 1.29 is 17.9 Å². The molecule has 2 aromatic carbocycles. The maximum Gasteiger partial charge on any atom is 0.243 e. The number of rotatable bonds is 8. The lowest BCUT2D eigenvalue weighted by Gasteiger charge is -2.32. The molecule has 1 N–H and O–H groups in total. The molecule has 2 heterocycles. The van der Waals surface area contributed by atoms with E-state index in [4.69, 9.17) is 4.74 Å². The zero-order chi connectivity index (χ0) is 23.3. The lowest BCUT2D eigenvalue weighted by atomic mass is 9.97. The fourth-order valence-corrected chi connectivity index (χ4v) is 6.27. The number of methoxy groups -OCH3 is 1. The summed E-state index contributed by atoms with van der Waals surface area (Å²) < 4.78 is 32.5. The van der Waals surface area contributed by atoms with Gasteiger partial charge in [0.1, 0.15) is 5.75 Å². The van der Waals surface area contributed by atoms with E-state index < -0.39 is 10.0 Å². The minimum Gasteiger partial charge on any atom is -0.497 e. The summed E-state index contributed by atoms with van der Waals surface area (Å²) in [6, 6.07) is 16.7. The maximum atomic E-state index is 13.0. The van der Waals surface area contributed by atoms with E-state index in [0.29, 0.717) is 37.4 Å². The van der Waals surface area contributed by atoms with Crippen molar-refractivity contribution in [1.29, 1.82) is 0 Å². The van der Waals surface area contributed by atoms with E-state index in [1.54, 1.807) is 37.4 Å². The van der Waals surface area contributed by atoms with Crippen molar-refractivity contribution >= 4 is 15.9 Å². The van der Waals surface area contributed by atoms with E-state index >= 15 is 0 Å². The number of likely N-dealkylation sites (tertiary alicyclic amines) is 1. The highest BCUT2D eigenvalue weighted by molar-refractivity contribution is 7.89. The van der Waals surface area contributed by atoms with Gasteiger partial charge in [0.15, 0.2) is 0 Å². The fraction of sp³-hybridized carbons (Fsp3) is 0.480. The highest BCUT2D eigenvalue weighted by atomic mass is 32.2. The SMILES string of the molecule is COc1ccc(C(CNC(=O)C2CCN(S(=O)(=O)c3ccccc3)CC2)N2CCCC2)cc1. The molecular weight excluding hydrogens is 438 g/mol. The normalized spacial score (nSPS) is 19.3. The number of carbonyl (C=O) groups excluding carboxylic acids is 1. The Morgan fingerprint density at radius 3 is 2.24 bits per heavy atom. The molecule has 2 aliphatic heterocycles. The molecule has 2 saturated heterocycles. The molecule has 4 rings (SSSR count). The molecule has 8 heteroatoms. The van der Waals surface area contributed by atoms with Crippen LogP contribution in [-0.2, 0) is 14.8 Å². The van der Waals surface area contributed by atoms with Crippen molar-refractivity contribution in [3.63, 3.8) is 0 Å². The van der Waals surface area contributed by atoms with Crippen molar-refractivity contribution in [1.82, 2.24) is 14.5 Å². The highest BCUT2D eigenvalue weighted by Crippen LogP contribution is 2.27. The standard InChI is InChI=1S/C25H33N3O4S/c1-32-22-11-9-20(10-12-22)24(27-15-5-6-16-27)19-26-25(29)21-13-17-28(18-14-21)33(30,31)23-7-3-2-4-8-23/h2-4,7-12,21,24H,5-6,13-19H2,1H3,(H,26,29). The van der Waals surface area contributed by atoms with Crippen LogP contribution in [0.4, 0.5) is 0 Å². The van der Waals surface area contributed by atoms with Gasteiger partial charge in [-0.2, -0.15) is 4.31 Å². The molecule has 2 aliphatic rings. The number of carbonyl (C=O) groups is 1. The smallest absolute Gasteiger partial charge is 0.243 e. The van der Waals surface area contributed by atoms with Gasteiger partial charge in [0.2, 0.25) is 15.9 Å². The Labute approximate surface area is 196 Å². The van der Waals surface area contributed by atoms with E-state index in [1.165, 1.54) is 22.7 Å². The summed E-state index contributed by atoms with van der Waals surface area (Å²) in [5.41, 5.74) is 1.17. The van der Waals surface area contributed by atoms with Crippen LogP contribution in [0.1, 0.15) is 37.3 Å². The van der Waals surface area contributed by atoms with Crippen molar-refractivity contribution in [2.24, 2.45) is 5.92 Å². The summed E-state index contributed by atoms with van der Waals surface area (Å²) >= 11 is 0. The second-order valence-electron chi connectivity index (χ2n) is 8.77. The van der Waals surface area contributed by atoms with Gasteiger partial charge in [0.05, 0.1) is 18.0 Å². The quantitative estimate of drug-likeness (QED) is 0.640. The lowest BCUT2D eigenvalue weighted by Crippen LogP contribution is -2.44. The number of hydrogen-bond donors (Lipinski definition) is 1. The van der Waals surface area contributed by atoms with Gasteiger partial charge in [-0.3, -0.25) is 9.69 Å². The lowest BCUT2D eigenvalue weighted by molar-refractivity contribution is -0.126. The Kier molecular flexibility index (Phi) is 7.67. The van der Waals surface area contributed by atoms with Crippen LogP contribution in [0.5, 0.6) is 5.75 Å². The Balaban J connectivity index is 1.34. The van der Waals surface area contributed by atoms with E-state index in [1.807, 2.05) is 12.1 Å². The maximum absolute atomic E-state index is 13.0. The van der Waals surface area contributed by atoms with Crippen LogP contribution in [0.2, 0.25) is 0 Å². The predicted molar refractivity (Wildman–Crippen MR) is 127 cm³/mol. The third-order valence-corrected chi connectivity index (χ3v) is 8.67. The van der Waals surface area contributed by atoms with Gasteiger partial charge in [-0.15, -0.1) is 0 Å². The average Bonchev–Trinajstić information content (AvgIpc) is 3.40. The van der Waals surface area contributed by atoms with Crippen LogP contribution >= 0.6 is 0 Å². The molecule has 0 saturated carbocycles. The first kappa shape index (κ1) is 23.7. The van der Waals surface area contributed by atoms with E-state index in [0.717, 1.165) is 18.8 Å². The Bertz CT molecular complexity index is 1010. The summed E-state index contributed by atoms with van der Waals surface area (Å²) in [6.07, 6.45) is 3.42. The molecule has 2 aromatic rings. The number of piperidine rings is 1. The second kappa shape index (κ2) is 10.7. The Hall–Kier alpha value is -2.42. The highest BCUT2D eigenvalue weighted by Gasteiger charge is 2.32. The predicted octanol–water partition coefficient (Wildman–Crippen LogP) is 3.05. The van der Waals surface area contributed by atoms with Gasteiger partial charge in [0, 0.05) is 25.6 Å². The minimum atomic E-state index is -3.51. The first-order chi connectivity index (χ1) is 16.0. The number of amides is 1. The molecule has 33 heavy (non-hydrogen) atoms. The van der Waals surface area contributed by atoms with Crippen molar-refractivity contribution in [2.75, 3.05) is 39.8 Å². The van der Waals surface area contributed by atoms with Crippen molar-refractivity contribution in [2.45, 2.75) is 36.6 Å². The molecule has 0 spiro atoms. The zero-order valence-corrected chi connectivity index (χ0v) is 20.0. The first-order valence-electron chi connectivity index (χ1n) is 11.7. The summed E-state index contributed by atoms with van der Waals surface area (Å²) in [6.45, 7) is 3.34. The van der Waals surface area contributed by atoms with Gasteiger partial charge >= 0.3 is 0 Å².